The minimum atomic E-state index is -0.239. The average molecular weight is 499 g/mol. The van der Waals surface area contributed by atoms with Crippen molar-refractivity contribution < 1.29 is 4.39 Å². The number of rotatable bonds is 5. The van der Waals surface area contributed by atoms with E-state index in [2.05, 4.69) is 47.8 Å². The third kappa shape index (κ3) is 4.10. The summed E-state index contributed by atoms with van der Waals surface area (Å²) >= 11 is 16.9. The van der Waals surface area contributed by atoms with Gasteiger partial charge in [0.15, 0.2) is 0 Å². The van der Waals surface area contributed by atoms with Crippen molar-refractivity contribution in [3.8, 4) is 0 Å². The van der Waals surface area contributed by atoms with E-state index in [-0.39, 0.29) is 11.2 Å². The van der Waals surface area contributed by atoms with Crippen molar-refractivity contribution in [3.05, 3.63) is 68.9 Å². The quantitative estimate of drug-likeness (QED) is 0.412. The Morgan fingerprint density at radius 3 is 2.29 bits per heavy atom. The first-order valence-corrected chi connectivity index (χ1v) is 9.74. The molecule has 112 valence electrons. The number of hydrogen-bond acceptors (Lipinski definition) is 0. The first-order valence-electron chi connectivity index (χ1n) is 6.33. The molecule has 2 aromatic rings. The molecule has 0 saturated carbocycles. The number of hydrogen-bond donors (Lipinski definition) is 0. The Kier molecular flexibility index (Phi) is 6.30. The van der Waals surface area contributed by atoms with E-state index >= 15 is 0 Å². The Morgan fingerprint density at radius 1 is 1.05 bits per heavy atom. The van der Waals surface area contributed by atoms with E-state index in [9.17, 15) is 4.39 Å². The molecule has 21 heavy (non-hydrogen) atoms. The molecular formula is C16H13Br3ClF. The Bertz CT molecular complexity index is 606. The maximum Gasteiger partial charge on any atom is 0.124 e. The van der Waals surface area contributed by atoms with Gasteiger partial charge >= 0.3 is 0 Å². The van der Waals surface area contributed by atoms with Gasteiger partial charge in [-0.1, -0.05) is 77.6 Å². The van der Waals surface area contributed by atoms with Crippen LogP contribution in [0.3, 0.4) is 0 Å². The van der Waals surface area contributed by atoms with Crippen LogP contribution >= 0.6 is 59.4 Å². The van der Waals surface area contributed by atoms with Crippen molar-refractivity contribution in [2.45, 2.75) is 11.8 Å². The summed E-state index contributed by atoms with van der Waals surface area (Å²) in [6.45, 7) is 0. The van der Waals surface area contributed by atoms with Gasteiger partial charge in [-0.2, -0.15) is 0 Å². The molecule has 0 fully saturated rings. The second-order valence-electron chi connectivity index (χ2n) is 4.98. The molecule has 0 atom stereocenters. The van der Waals surface area contributed by atoms with Crippen LogP contribution in [0.1, 0.15) is 11.1 Å². The minimum absolute atomic E-state index is 0.231. The van der Waals surface area contributed by atoms with Crippen molar-refractivity contribution in [2.75, 3.05) is 10.7 Å². The van der Waals surface area contributed by atoms with Gasteiger partial charge in [-0.15, -0.1) is 0 Å². The van der Waals surface area contributed by atoms with Gasteiger partial charge in [0.05, 0.1) is 0 Å². The highest BCUT2D eigenvalue weighted by Gasteiger charge is 2.32. The fourth-order valence-corrected chi connectivity index (χ4v) is 5.14. The summed E-state index contributed by atoms with van der Waals surface area (Å²) in [6, 6.07) is 12.8. The lowest BCUT2D eigenvalue weighted by atomic mass is 9.79. The van der Waals surface area contributed by atoms with E-state index in [1.165, 1.54) is 6.07 Å². The molecule has 0 radical (unpaired) electrons. The molecule has 0 unspecified atom stereocenters. The normalized spacial score (nSPS) is 11.7. The van der Waals surface area contributed by atoms with Gasteiger partial charge in [-0.25, -0.2) is 4.39 Å². The second kappa shape index (κ2) is 7.58. The van der Waals surface area contributed by atoms with E-state index in [1.54, 1.807) is 6.07 Å². The summed E-state index contributed by atoms with van der Waals surface area (Å²) in [6.07, 6.45) is 0.684. The molecule has 0 bridgehead atoms. The molecule has 2 rings (SSSR count). The fourth-order valence-electron chi connectivity index (χ4n) is 2.36. The Balaban J connectivity index is 2.45. The largest absolute Gasteiger partial charge is 0.207 e. The number of benzene rings is 2. The molecule has 0 aliphatic heterocycles. The van der Waals surface area contributed by atoms with Crippen LogP contribution in [-0.4, -0.2) is 10.7 Å². The Hall–Kier alpha value is 0.1000. The van der Waals surface area contributed by atoms with Crippen molar-refractivity contribution in [3.63, 3.8) is 0 Å². The predicted octanol–water partition coefficient (Wildman–Crippen LogP) is 6.51. The van der Waals surface area contributed by atoms with Crippen molar-refractivity contribution in [2.24, 2.45) is 0 Å². The zero-order valence-electron chi connectivity index (χ0n) is 11.1. The monoisotopic (exact) mass is 496 g/mol. The number of halogens is 5. The van der Waals surface area contributed by atoms with Crippen molar-refractivity contribution in [1.82, 2.24) is 0 Å². The van der Waals surface area contributed by atoms with Crippen molar-refractivity contribution >= 4 is 59.4 Å². The lowest BCUT2D eigenvalue weighted by Gasteiger charge is -2.32. The zero-order valence-corrected chi connectivity index (χ0v) is 16.6. The van der Waals surface area contributed by atoms with Crippen LogP contribution in [-0.2, 0) is 11.8 Å². The highest BCUT2D eigenvalue weighted by atomic mass is 79.9. The molecule has 0 nitrogen and oxygen atoms in total. The second-order valence-corrected chi connectivity index (χ2v) is 7.43. The molecule has 0 aromatic heterocycles. The van der Waals surface area contributed by atoms with Crippen LogP contribution < -0.4 is 0 Å². The van der Waals surface area contributed by atoms with Crippen LogP contribution in [0.15, 0.2) is 46.9 Å². The average Bonchev–Trinajstić information content (AvgIpc) is 2.44. The molecule has 5 heteroatoms. The molecule has 0 N–H and O–H groups in total. The van der Waals surface area contributed by atoms with E-state index in [0.29, 0.717) is 6.42 Å². The molecule has 0 aliphatic carbocycles. The topological polar surface area (TPSA) is 0 Å². The van der Waals surface area contributed by atoms with E-state index in [0.717, 1.165) is 31.3 Å². The zero-order chi connectivity index (χ0) is 15.5. The van der Waals surface area contributed by atoms with Gasteiger partial charge < -0.3 is 0 Å². The third-order valence-corrected chi connectivity index (χ3v) is 6.36. The highest BCUT2D eigenvalue weighted by molar-refractivity contribution is 9.10. The van der Waals surface area contributed by atoms with Crippen LogP contribution in [0.2, 0.25) is 5.02 Å². The van der Waals surface area contributed by atoms with Gasteiger partial charge in [0.1, 0.15) is 5.82 Å². The summed E-state index contributed by atoms with van der Waals surface area (Å²) < 4.78 is 14.4. The molecule has 2 aromatic carbocycles. The maximum absolute atomic E-state index is 13.6. The molecule has 0 saturated heterocycles. The fraction of sp³-hybridized carbons (Fsp3) is 0.250. The SMILES string of the molecule is Fc1cc(Br)cc(CC(CBr)(CBr)c2ccccc2Cl)c1. The molecule has 0 amide bonds. The lowest BCUT2D eigenvalue weighted by molar-refractivity contribution is 0.546. The molecule has 0 aliphatic rings. The third-order valence-electron chi connectivity index (χ3n) is 3.42. The van der Waals surface area contributed by atoms with E-state index in [1.807, 2.05) is 30.3 Å². The van der Waals surface area contributed by atoms with E-state index in [4.69, 9.17) is 11.6 Å². The van der Waals surface area contributed by atoms with Crippen LogP contribution in [0.4, 0.5) is 4.39 Å². The summed E-state index contributed by atoms with van der Waals surface area (Å²) in [5.74, 6) is -0.239. The Morgan fingerprint density at radius 2 is 1.71 bits per heavy atom. The van der Waals surface area contributed by atoms with Gasteiger partial charge in [0.25, 0.3) is 0 Å². The van der Waals surface area contributed by atoms with Gasteiger partial charge in [-0.3, -0.25) is 0 Å². The van der Waals surface area contributed by atoms with Gasteiger partial charge in [0, 0.05) is 25.6 Å². The molecular weight excluding hydrogens is 486 g/mol. The van der Waals surface area contributed by atoms with Crippen molar-refractivity contribution in [1.29, 1.82) is 0 Å². The smallest absolute Gasteiger partial charge is 0.124 e. The maximum atomic E-state index is 13.6. The first kappa shape index (κ1) is 17.5. The number of alkyl halides is 2. The summed E-state index contributed by atoms with van der Waals surface area (Å²) in [4.78, 5) is 0. The molecule has 0 spiro atoms. The van der Waals surface area contributed by atoms with Gasteiger partial charge in [0.2, 0.25) is 0 Å². The first-order chi connectivity index (χ1) is 10.0. The minimum Gasteiger partial charge on any atom is -0.207 e. The van der Waals surface area contributed by atoms with Crippen LogP contribution in [0.5, 0.6) is 0 Å². The standard InChI is InChI=1S/C16H13Br3ClF/c17-9-16(10-18,14-3-1-2-4-15(14)20)8-11-5-12(19)7-13(21)6-11/h1-7H,8-10H2. The predicted molar refractivity (Wildman–Crippen MR) is 98.5 cm³/mol. The lowest BCUT2D eigenvalue weighted by Crippen LogP contribution is -2.33. The summed E-state index contributed by atoms with van der Waals surface area (Å²) in [5.41, 5.74) is 1.76. The summed E-state index contributed by atoms with van der Waals surface area (Å²) in [7, 11) is 0. The van der Waals surface area contributed by atoms with Gasteiger partial charge in [-0.05, 0) is 41.8 Å². The van der Waals surface area contributed by atoms with Crippen LogP contribution in [0, 0.1) is 5.82 Å². The Labute approximate surface area is 154 Å². The van der Waals surface area contributed by atoms with Crippen LogP contribution in [0.25, 0.3) is 0 Å². The van der Waals surface area contributed by atoms with E-state index < -0.39 is 0 Å². The molecule has 0 heterocycles. The summed E-state index contributed by atoms with van der Waals surface area (Å²) in [5, 5.41) is 2.18. The highest BCUT2D eigenvalue weighted by Crippen LogP contribution is 2.37.